The highest BCUT2D eigenvalue weighted by Crippen LogP contribution is 2.22. The van der Waals surface area contributed by atoms with Gasteiger partial charge in [0.25, 0.3) is 0 Å². The van der Waals surface area contributed by atoms with E-state index in [1.807, 2.05) is 0 Å². The van der Waals surface area contributed by atoms with Gasteiger partial charge in [0.05, 0.1) is 7.11 Å². The number of benzene rings is 1. The van der Waals surface area contributed by atoms with Crippen molar-refractivity contribution in [2.75, 3.05) is 7.11 Å². The predicted octanol–water partition coefficient (Wildman–Crippen LogP) is 2.14. The molecule has 0 saturated heterocycles. The standard InChI is InChI=1S/C9H9ClFNO2/c1-14-9(12)8(13)6-4-5(10)2-3-7(6)11/h2-4,8,12-13H,1H3. The van der Waals surface area contributed by atoms with Crippen molar-refractivity contribution in [1.29, 1.82) is 5.41 Å². The van der Waals surface area contributed by atoms with Crippen LogP contribution in [-0.4, -0.2) is 18.1 Å². The normalized spacial score (nSPS) is 12.3. The molecule has 0 bridgehead atoms. The van der Waals surface area contributed by atoms with Crippen LogP contribution in [0.15, 0.2) is 18.2 Å². The molecular formula is C9H9ClFNO2. The summed E-state index contributed by atoms with van der Waals surface area (Å²) in [4.78, 5) is 0. The Bertz CT molecular complexity index is 357. The number of aliphatic hydroxyl groups is 1. The second kappa shape index (κ2) is 4.39. The van der Waals surface area contributed by atoms with Crippen LogP contribution >= 0.6 is 11.6 Å². The van der Waals surface area contributed by atoms with Gasteiger partial charge in [-0.3, -0.25) is 5.41 Å². The first-order chi connectivity index (χ1) is 6.56. The maximum absolute atomic E-state index is 13.1. The Morgan fingerprint density at radius 1 is 1.64 bits per heavy atom. The molecule has 0 fully saturated rings. The lowest BCUT2D eigenvalue weighted by Gasteiger charge is -2.11. The first kappa shape index (κ1) is 10.9. The Morgan fingerprint density at radius 3 is 2.86 bits per heavy atom. The molecule has 1 aromatic rings. The fourth-order valence-electron chi connectivity index (χ4n) is 0.977. The third-order valence-corrected chi connectivity index (χ3v) is 1.96. The second-order valence-corrected chi connectivity index (χ2v) is 3.07. The van der Waals surface area contributed by atoms with Crippen LogP contribution in [0, 0.1) is 11.2 Å². The zero-order valence-corrected chi connectivity index (χ0v) is 8.18. The summed E-state index contributed by atoms with van der Waals surface area (Å²) in [5.74, 6) is -1.05. The number of methoxy groups -OCH3 is 1. The van der Waals surface area contributed by atoms with Gasteiger partial charge in [-0.2, -0.15) is 0 Å². The van der Waals surface area contributed by atoms with Crippen LogP contribution < -0.4 is 0 Å². The lowest BCUT2D eigenvalue weighted by molar-refractivity contribution is 0.201. The molecule has 0 aliphatic rings. The highest BCUT2D eigenvalue weighted by atomic mass is 35.5. The Labute approximate surface area is 85.6 Å². The van der Waals surface area contributed by atoms with Crippen molar-refractivity contribution in [3.8, 4) is 0 Å². The summed E-state index contributed by atoms with van der Waals surface area (Å²) in [7, 11) is 1.23. The van der Waals surface area contributed by atoms with E-state index >= 15 is 0 Å². The van der Waals surface area contributed by atoms with Crippen molar-refractivity contribution >= 4 is 17.5 Å². The molecule has 0 aliphatic carbocycles. The number of hydrogen-bond donors (Lipinski definition) is 2. The van der Waals surface area contributed by atoms with Gasteiger partial charge >= 0.3 is 0 Å². The number of halogens is 2. The molecule has 0 amide bonds. The van der Waals surface area contributed by atoms with Crippen LogP contribution in [0.5, 0.6) is 0 Å². The summed E-state index contributed by atoms with van der Waals surface area (Å²) in [6, 6.07) is 3.75. The zero-order chi connectivity index (χ0) is 10.7. The minimum atomic E-state index is -1.42. The minimum absolute atomic E-state index is 0.0654. The van der Waals surface area contributed by atoms with E-state index in [1.165, 1.54) is 19.2 Å². The molecule has 0 heterocycles. The third kappa shape index (κ3) is 2.21. The van der Waals surface area contributed by atoms with Crippen LogP contribution in [0.25, 0.3) is 0 Å². The number of aliphatic hydroxyl groups excluding tert-OH is 1. The molecule has 14 heavy (non-hydrogen) atoms. The van der Waals surface area contributed by atoms with E-state index in [2.05, 4.69) is 4.74 Å². The first-order valence-corrected chi connectivity index (χ1v) is 4.19. The van der Waals surface area contributed by atoms with Crippen molar-refractivity contribution in [3.63, 3.8) is 0 Å². The Morgan fingerprint density at radius 2 is 2.29 bits per heavy atom. The van der Waals surface area contributed by atoms with Crippen molar-refractivity contribution in [3.05, 3.63) is 34.6 Å². The van der Waals surface area contributed by atoms with Crippen LogP contribution in [0.2, 0.25) is 5.02 Å². The van der Waals surface area contributed by atoms with Gasteiger partial charge in [-0.15, -0.1) is 0 Å². The molecule has 0 radical (unpaired) electrons. The van der Waals surface area contributed by atoms with Gasteiger partial charge in [0, 0.05) is 10.6 Å². The summed E-state index contributed by atoms with van der Waals surface area (Å²) in [6.45, 7) is 0. The first-order valence-electron chi connectivity index (χ1n) is 3.81. The van der Waals surface area contributed by atoms with E-state index in [0.717, 1.165) is 6.07 Å². The molecule has 0 aliphatic heterocycles. The summed E-state index contributed by atoms with van der Waals surface area (Å²) < 4.78 is 17.6. The van der Waals surface area contributed by atoms with Gasteiger partial charge in [-0.25, -0.2) is 4.39 Å². The van der Waals surface area contributed by atoms with Gasteiger partial charge in [0.2, 0.25) is 5.90 Å². The van der Waals surface area contributed by atoms with Crippen molar-refractivity contribution in [1.82, 2.24) is 0 Å². The van der Waals surface area contributed by atoms with Gasteiger partial charge in [-0.05, 0) is 18.2 Å². The quantitative estimate of drug-likeness (QED) is 0.589. The molecule has 1 unspecified atom stereocenters. The minimum Gasteiger partial charge on any atom is -0.482 e. The fourth-order valence-corrected chi connectivity index (χ4v) is 1.16. The van der Waals surface area contributed by atoms with Crippen molar-refractivity contribution < 1.29 is 14.2 Å². The predicted molar refractivity (Wildman–Crippen MR) is 51.1 cm³/mol. The molecule has 0 spiro atoms. The van der Waals surface area contributed by atoms with Crippen LogP contribution in [0.4, 0.5) is 4.39 Å². The highest BCUT2D eigenvalue weighted by Gasteiger charge is 2.18. The number of hydrogen-bond acceptors (Lipinski definition) is 3. The molecule has 3 nitrogen and oxygen atoms in total. The van der Waals surface area contributed by atoms with Gasteiger partial charge in [0.1, 0.15) is 5.82 Å². The topological polar surface area (TPSA) is 53.3 Å². The van der Waals surface area contributed by atoms with Gasteiger partial charge < -0.3 is 9.84 Å². The average Bonchev–Trinajstić information content (AvgIpc) is 2.19. The fraction of sp³-hybridized carbons (Fsp3) is 0.222. The largest absolute Gasteiger partial charge is 0.482 e. The van der Waals surface area contributed by atoms with E-state index < -0.39 is 17.8 Å². The number of rotatable bonds is 2. The summed E-state index contributed by atoms with van der Waals surface area (Å²) >= 11 is 5.62. The van der Waals surface area contributed by atoms with E-state index in [1.54, 1.807) is 0 Å². The summed E-state index contributed by atoms with van der Waals surface area (Å²) in [5, 5.41) is 16.9. The SMILES string of the molecule is COC(=N)C(O)c1cc(Cl)ccc1F. The zero-order valence-electron chi connectivity index (χ0n) is 7.42. The van der Waals surface area contributed by atoms with E-state index in [-0.39, 0.29) is 5.56 Å². The smallest absolute Gasteiger partial charge is 0.214 e. The molecule has 2 N–H and O–H groups in total. The van der Waals surface area contributed by atoms with Crippen LogP contribution in [-0.2, 0) is 4.74 Å². The lowest BCUT2D eigenvalue weighted by Crippen LogP contribution is -2.14. The highest BCUT2D eigenvalue weighted by molar-refractivity contribution is 6.30. The Hall–Kier alpha value is -1.13. The van der Waals surface area contributed by atoms with E-state index in [9.17, 15) is 9.50 Å². The molecule has 76 valence electrons. The Kier molecular flexibility index (Phi) is 3.43. The molecule has 0 saturated carbocycles. The van der Waals surface area contributed by atoms with Crippen LogP contribution in [0.1, 0.15) is 11.7 Å². The molecule has 1 atom stereocenters. The molecule has 5 heteroatoms. The summed E-state index contributed by atoms with van der Waals surface area (Å²) in [5.41, 5.74) is -0.0654. The summed E-state index contributed by atoms with van der Waals surface area (Å²) in [6.07, 6.45) is -1.42. The monoisotopic (exact) mass is 217 g/mol. The number of ether oxygens (including phenoxy) is 1. The molecule has 0 aromatic heterocycles. The van der Waals surface area contributed by atoms with E-state index in [4.69, 9.17) is 17.0 Å². The molecule has 1 aromatic carbocycles. The molecular weight excluding hydrogens is 209 g/mol. The maximum Gasteiger partial charge on any atom is 0.214 e. The number of nitrogens with one attached hydrogen (secondary N) is 1. The lowest BCUT2D eigenvalue weighted by atomic mass is 10.1. The van der Waals surface area contributed by atoms with Crippen LogP contribution in [0.3, 0.4) is 0 Å². The maximum atomic E-state index is 13.1. The van der Waals surface area contributed by atoms with Crippen molar-refractivity contribution in [2.24, 2.45) is 0 Å². The molecule has 1 rings (SSSR count). The van der Waals surface area contributed by atoms with Gasteiger partial charge in [0.15, 0.2) is 6.10 Å². The van der Waals surface area contributed by atoms with Gasteiger partial charge in [-0.1, -0.05) is 11.6 Å². The second-order valence-electron chi connectivity index (χ2n) is 2.64. The third-order valence-electron chi connectivity index (χ3n) is 1.72. The van der Waals surface area contributed by atoms with E-state index in [0.29, 0.717) is 5.02 Å². The van der Waals surface area contributed by atoms with Crippen molar-refractivity contribution in [2.45, 2.75) is 6.10 Å². The average molecular weight is 218 g/mol. The Balaban J connectivity index is 3.05.